The molecule has 1 N–H and O–H groups in total. The second-order valence-electron chi connectivity index (χ2n) is 7.60. The number of rotatable bonds is 6. The molecule has 27 heavy (non-hydrogen) atoms. The minimum Gasteiger partial charge on any atom is -0.481 e. The molecule has 5 heteroatoms. The van der Waals surface area contributed by atoms with Crippen molar-refractivity contribution in [3.8, 4) is 5.75 Å². The van der Waals surface area contributed by atoms with Crippen LogP contribution in [0.25, 0.3) is 0 Å². The van der Waals surface area contributed by atoms with Crippen molar-refractivity contribution in [2.24, 2.45) is 11.3 Å². The third-order valence-corrected chi connectivity index (χ3v) is 4.12. The number of aliphatic carboxylic acids is 1. The van der Waals surface area contributed by atoms with Gasteiger partial charge in [-0.2, -0.15) is 0 Å². The lowest BCUT2D eigenvalue weighted by molar-refractivity contribution is -0.143. The van der Waals surface area contributed by atoms with Gasteiger partial charge in [-0.1, -0.05) is 37.3 Å². The average molecular weight is 368 g/mol. The first-order chi connectivity index (χ1) is 12.6. The van der Waals surface area contributed by atoms with Gasteiger partial charge in [0.1, 0.15) is 5.75 Å². The maximum Gasteiger partial charge on any atom is 0.316 e. The molecule has 0 spiro atoms. The number of hydrogen-bond donors (Lipinski definition) is 1. The third kappa shape index (κ3) is 5.26. The van der Waals surface area contributed by atoms with E-state index in [0.29, 0.717) is 16.7 Å². The lowest BCUT2D eigenvalue weighted by Crippen LogP contribution is -2.26. The maximum atomic E-state index is 12.7. The van der Waals surface area contributed by atoms with E-state index in [4.69, 9.17) is 4.74 Å². The minimum absolute atomic E-state index is 0.151. The number of hydrogen-bond acceptors (Lipinski definition) is 4. The van der Waals surface area contributed by atoms with E-state index in [9.17, 15) is 19.5 Å². The molecule has 0 fully saturated rings. The Morgan fingerprint density at radius 2 is 1.63 bits per heavy atom. The van der Waals surface area contributed by atoms with E-state index in [0.717, 1.165) is 0 Å². The van der Waals surface area contributed by atoms with Crippen LogP contribution in [0.4, 0.5) is 0 Å². The number of benzene rings is 2. The summed E-state index contributed by atoms with van der Waals surface area (Å²) in [5, 5.41) is 9.23. The fraction of sp³-hybridized carbons (Fsp3) is 0.318. The molecular formula is C22H24O5. The Balaban J connectivity index is 2.41. The Morgan fingerprint density at radius 3 is 2.19 bits per heavy atom. The molecule has 1 unspecified atom stereocenters. The van der Waals surface area contributed by atoms with Crippen LogP contribution in [-0.4, -0.2) is 22.8 Å². The number of ketones is 1. The Labute approximate surface area is 159 Å². The molecule has 0 amide bonds. The molecule has 0 aliphatic rings. The number of carbonyl (C=O) groups excluding carboxylic acids is 2. The molecule has 2 rings (SSSR count). The van der Waals surface area contributed by atoms with Crippen molar-refractivity contribution in [1.29, 1.82) is 0 Å². The summed E-state index contributed by atoms with van der Waals surface area (Å²) in [6.45, 7) is 6.79. The number of carboxylic acids is 1. The van der Waals surface area contributed by atoms with Crippen molar-refractivity contribution >= 4 is 17.7 Å². The summed E-state index contributed by atoms with van der Waals surface area (Å²) < 4.78 is 5.49. The molecule has 0 aromatic heterocycles. The van der Waals surface area contributed by atoms with Crippen LogP contribution in [0.1, 0.15) is 49.2 Å². The predicted octanol–water partition coefficient (Wildman–Crippen LogP) is 4.13. The highest BCUT2D eigenvalue weighted by Gasteiger charge is 2.26. The standard InChI is InChI=1S/C22H24O5/c1-14(20(24)25)12-17-13-16(19(23)15-8-6-5-7-9-15)10-11-18(17)27-21(26)22(2,3)4/h5-11,13-14H,12H2,1-4H3,(H,24,25). The first kappa shape index (κ1) is 20.4. The summed E-state index contributed by atoms with van der Waals surface area (Å²) >= 11 is 0. The molecule has 2 aromatic rings. The molecule has 0 radical (unpaired) electrons. The van der Waals surface area contributed by atoms with Gasteiger partial charge in [-0.15, -0.1) is 0 Å². The van der Waals surface area contributed by atoms with Gasteiger partial charge in [0.15, 0.2) is 5.78 Å². The Morgan fingerprint density at radius 1 is 1.00 bits per heavy atom. The molecule has 1 atom stereocenters. The monoisotopic (exact) mass is 368 g/mol. The van der Waals surface area contributed by atoms with Gasteiger partial charge in [0.25, 0.3) is 0 Å². The van der Waals surface area contributed by atoms with Gasteiger partial charge >= 0.3 is 11.9 Å². The van der Waals surface area contributed by atoms with Crippen molar-refractivity contribution in [3.05, 3.63) is 65.2 Å². The number of ether oxygens (including phenoxy) is 1. The van der Waals surface area contributed by atoms with E-state index in [1.54, 1.807) is 70.2 Å². The van der Waals surface area contributed by atoms with Gasteiger partial charge in [-0.25, -0.2) is 0 Å². The van der Waals surface area contributed by atoms with Gasteiger partial charge in [0.05, 0.1) is 11.3 Å². The third-order valence-electron chi connectivity index (χ3n) is 4.12. The highest BCUT2D eigenvalue weighted by Crippen LogP contribution is 2.27. The molecule has 0 bridgehead atoms. The van der Waals surface area contributed by atoms with Crippen molar-refractivity contribution in [2.45, 2.75) is 34.1 Å². The van der Waals surface area contributed by atoms with Crippen molar-refractivity contribution in [3.63, 3.8) is 0 Å². The quantitative estimate of drug-likeness (QED) is 0.471. The molecule has 0 aliphatic heterocycles. The molecule has 0 saturated heterocycles. The van der Waals surface area contributed by atoms with E-state index >= 15 is 0 Å². The summed E-state index contributed by atoms with van der Waals surface area (Å²) in [5.74, 6) is -1.95. The second kappa shape index (κ2) is 8.16. The van der Waals surface area contributed by atoms with Crippen molar-refractivity contribution < 1.29 is 24.2 Å². The minimum atomic E-state index is -0.956. The summed E-state index contributed by atoms with van der Waals surface area (Å²) in [4.78, 5) is 36.2. The number of carbonyl (C=O) groups is 3. The van der Waals surface area contributed by atoms with Crippen LogP contribution in [0.15, 0.2) is 48.5 Å². The lowest BCUT2D eigenvalue weighted by Gasteiger charge is -2.19. The maximum absolute atomic E-state index is 12.7. The molecule has 142 valence electrons. The summed E-state index contributed by atoms with van der Waals surface area (Å²) in [5.41, 5.74) is 0.775. The Hall–Kier alpha value is -2.95. The average Bonchev–Trinajstić information content (AvgIpc) is 2.62. The molecule has 5 nitrogen and oxygen atoms in total. The summed E-state index contributed by atoms with van der Waals surface area (Å²) in [6, 6.07) is 13.6. The number of esters is 1. The first-order valence-electron chi connectivity index (χ1n) is 8.77. The number of carboxylic acid groups (broad SMARTS) is 1. The normalized spacial score (nSPS) is 12.3. The van der Waals surface area contributed by atoms with E-state index in [2.05, 4.69) is 0 Å². The zero-order chi connectivity index (χ0) is 20.2. The van der Waals surface area contributed by atoms with Crippen molar-refractivity contribution in [2.75, 3.05) is 0 Å². The van der Waals surface area contributed by atoms with Gasteiger partial charge in [-0.3, -0.25) is 14.4 Å². The molecule has 0 saturated carbocycles. The molecule has 0 aliphatic carbocycles. The molecular weight excluding hydrogens is 344 g/mol. The van der Waals surface area contributed by atoms with E-state index < -0.39 is 23.3 Å². The topological polar surface area (TPSA) is 80.7 Å². The zero-order valence-corrected chi connectivity index (χ0v) is 16.0. The summed E-state index contributed by atoms with van der Waals surface area (Å²) in [7, 11) is 0. The first-order valence-corrected chi connectivity index (χ1v) is 8.77. The van der Waals surface area contributed by atoms with Gasteiger partial charge < -0.3 is 9.84 Å². The smallest absolute Gasteiger partial charge is 0.316 e. The lowest BCUT2D eigenvalue weighted by atomic mass is 9.95. The predicted molar refractivity (Wildman–Crippen MR) is 102 cm³/mol. The van der Waals surface area contributed by atoms with Gasteiger partial charge in [-0.05, 0) is 51.0 Å². The van der Waals surface area contributed by atoms with Crippen LogP contribution in [0.5, 0.6) is 5.75 Å². The fourth-order valence-electron chi connectivity index (χ4n) is 2.41. The van der Waals surface area contributed by atoms with Crippen LogP contribution >= 0.6 is 0 Å². The van der Waals surface area contributed by atoms with Crippen LogP contribution in [0.3, 0.4) is 0 Å². The zero-order valence-electron chi connectivity index (χ0n) is 16.0. The van der Waals surface area contributed by atoms with Gasteiger partial charge in [0, 0.05) is 11.1 Å². The SMILES string of the molecule is CC(Cc1cc(C(=O)c2ccccc2)ccc1OC(=O)C(C)(C)C)C(=O)O. The Bertz CT molecular complexity index is 847. The van der Waals surface area contributed by atoms with Crippen LogP contribution in [0.2, 0.25) is 0 Å². The van der Waals surface area contributed by atoms with E-state index in [-0.39, 0.29) is 18.0 Å². The highest BCUT2D eigenvalue weighted by atomic mass is 16.5. The highest BCUT2D eigenvalue weighted by molar-refractivity contribution is 6.09. The van der Waals surface area contributed by atoms with Crippen molar-refractivity contribution in [1.82, 2.24) is 0 Å². The Kier molecular flexibility index (Phi) is 6.16. The van der Waals surface area contributed by atoms with Crippen LogP contribution in [-0.2, 0) is 16.0 Å². The second-order valence-corrected chi connectivity index (χ2v) is 7.60. The van der Waals surface area contributed by atoms with Crippen LogP contribution < -0.4 is 4.74 Å². The van der Waals surface area contributed by atoms with Gasteiger partial charge in [0.2, 0.25) is 0 Å². The molecule has 0 heterocycles. The van der Waals surface area contributed by atoms with E-state index in [1.165, 1.54) is 0 Å². The fourth-order valence-corrected chi connectivity index (χ4v) is 2.41. The van der Waals surface area contributed by atoms with Crippen LogP contribution in [0, 0.1) is 11.3 Å². The summed E-state index contributed by atoms with van der Waals surface area (Å²) in [6.07, 6.45) is 0.151. The molecule has 2 aromatic carbocycles. The largest absolute Gasteiger partial charge is 0.481 e. The van der Waals surface area contributed by atoms with E-state index in [1.807, 2.05) is 6.07 Å².